The number of benzene rings is 1. The normalized spacial score (nSPS) is 15.3. The average molecular weight is 314 g/mol. The number of ether oxygens (including phenoxy) is 1. The summed E-state index contributed by atoms with van der Waals surface area (Å²) in [6.45, 7) is 5.18. The lowest BCUT2D eigenvalue weighted by Gasteiger charge is -2.24. The Bertz CT molecular complexity index is 493. The van der Waals surface area contributed by atoms with Crippen molar-refractivity contribution in [3.05, 3.63) is 30.3 Å². The van der Waals surface area contributed by atoms with Crippen molar-refractivity contribution in [2.45, 2.75) is 32.9 Å². The SMILES string of the molecule is CCP(=O)(N[C@@H](CN)C(=O)OC(C)C)Oc1ccccc1. The van der Waals surface area contributed by atoms with Gasteiger partial charge in [-0.15, -0.1) is 0 Å². The van der Waals surface area contributed by atoms with E-state index < -0.39 is 19.5 Å². The molecule has 21 heavy (non-hydrogen) atoms. The summed E-state index contributed by atoms with van der Waals surface area (Å²) in [5.74, 6) is -0.0546. The zero-order valence-electron chi connectivity index (χ0n) is 12.6. The topological polar surface area (TPSA) is 90.7 Å². The maximum absolute atomic E-state index is 12.7. The molecular formula is C14H23N2O4P. The second-order valence-electron chi connectivity index (χ2n) is 4.80. The third-order valence-corrected chi connectivity index (χ3v) is 4.68. The first-order valence-corrected chi connectivity index (χ1v) is 8.73. The molecule has 0 saturated carbocycles. The molecule has 0 aliphatic heterocycles. The van der Waals surface area contributed by atoms with Crippen LogP contribution in [0.4, 0.5) is 0 Å². The number of carbonyl (C=O) groups excluding carboxylic acids is 1. The summed E-state index contributed by atoms with van der Waals surface area (Å²) in [5.41, 5.74) is 5.56. The summed E-state index contributed by atoms with van der Waals surface area (Å²) in [5, 5.41) is 2.72. The Morgan fingerprint density at radius 1 is 1.33 bits per heavy atom. The standard InChI is InChI=1S/C14H23N2O4P/c1-4-21(18,20-12-8-6-5-7-9-12)16-13(10-15)14(17)19-11(2)3/h5-9,11,13H,4,10,15H2,1-3H3,(H,16,18)/t13-,21?/m0/s1. The summed E-state index contributed by atoms with van der Waals surface area (Å²) in [6.07, 6.45) is -0.0303. The zero-order chi connectivity index (χ0) is 15.9. The first-order chi connectivity index (χ1) is 9.90. The lowest BCUT2D eigenvalue weighted by atomic mass is 10.3. The van der Waals surface area contributed by atoms with Crippen LogP contribution in [-0.4, -0.2) is 30.8 Å². The number of para-hydroxylation sites is 1. The number of carbonyl (C=O) groups is 1. The van der Waals surface area contributed by atoms with Crippen molar-refractivity contribution >= 4 is 13.5 Å². The van der Waals surface area contributed by atoms with Crippen LogP contribution < -0.4 is 15.3 Å². The van der Waals surface area contributed by atoms with Gasteiger partial charge >= 0.3 is 13.5 Å². The van der Waals surface area contributed by atoms with E-state index in [1.54, 1.807) is 45.0 Å². The fraction of sp³-hybridized carbons (Fsp3) is 0.500. The summed E-state index contributed by atoms with van der Waals surface area (Å²) < 4.78 is 23.3. The predicted octanol–water partition coefficient (Wildman–Crippen LogP) is 2.15. The number of rotatable bonds is 8. The van der Waals surface area contributed by atoms with Crippen LogP contribution in [0, 0.1) is 0 Å². The van der Waals surface area contributed by atoms with Crippen LogP contribution in [0.1, 0.15) is 20.8 Å². The largest absolute Gasteiger partial charge is 0.462 e. The molecule has 0 aliphatic carbocycles. The van der Waals surface area contributed by atoms with Crippen LogP contribution in [0.2, 0.25) is 0 Å². The van der Waals surface area contributed by atoms with Gasteiger partial charge in [0.1, 0.15) is 11.8 Å². The molecule has 2 atom stereocenters. The molecule has 0 bridgehead atoms. The average Bonchev–Trinajstić information content (AvgIpc) is 2.45. The van der Waals surface area contributed by atoms with E-state index in [2.05, 4.69) is 5.09 Å². The Hall–Kier alpha value is -1.36. The van der Waals surface area contributed by atoms with E-state index in [4.69, 9.17) is 15.0 Å². The van der Waals surface area contributed by atoms with Crippen LogP contribution in [0.25, 0.3) is 0 Å². The Balaban J connectivity index is 2.78. The van der Waals surface area contributed by atoms with Crippen molar-refractivity contribution in [3.8, 4) is 5.75 Å². The van der Waals surface area contributed by atoms with Crippen molar-refractivity contribution in [1.82, 2.24) is 5.09 Å². The summed E-state index contributed by atoms with van der Waals surface area (Å²) in [6, 6.07) is 7.94. The maximum Gasteiger partial charge on any atom is 0.325 e. The monoisotopic (exact) mass is 314 g/mol. The van der Waals surface area contributed by atoms with Crippen LogP contribution in [-0.2, 0) is 14.1 Å². The summed E-state index contributed by atoms with van der Waals surface area (Å²) in [7, 11) is -3.22. The highest BCUT2D eigenvalue weighted by molar-refractivity contribution is 7.57. The highest BCUT2D eigenvalue weighted by Gasteiger charge is 2.30. The minimum Gasteiger partial charge on any atom is -0.462 e. The fourth-order valence-electron chi connectivity index (χ4n) is 1.59. The molecule has 3 N–H and O–H groups in total. The van der Waals surface area contributed by atoms with E-state index >= 15 is 0 Å². The smallest absolute Gasteiger partial charge is 0.325 e. The molecule has 1 aromatic carbocycles. The molecule has 6 nitrogen and oxygen atoms in total. The molecule has 0 heterocycles. The molecule has 0 radical (unpaired) electrons. The van der Waals surface area contributed by atoms with Crippen LogP contribution in [0.15, 0.2) is 30.3 Å². The van der Waals surface area contributed by atoms with Gasteiger partial charge in [0.05, 0.1) is 6.10 Å². The van der Waals surface area contributed by atoms with E-state index in [1.165, 1.54) is 0 Å². The van der Waals surface area contributed by atoms with Gasteiger partial charge in [-0.3, -0.25) is 9.36 Å². The number of nitrogens with one attached hydrogen (secondary N) is 1. The minimum atomic E-state index is -3.22. The molecular weight excluding hydrogens is 291 g/mol. The van der Waals surface area contributed by atoms with E-state index in [9.17, 15) is 9.36 Å². The summed E-state index contributed by atoms with van der Waals surface area (Å²) in [4.78, 5) is 11.9. The highest BCUT2D eigenvalue weighted by Crippen LogP contribution is 2.42. The molecule has 0 fully saturated rings. The first kappa shape index (κ1) is 17.7. The molecule has 0 aliphatic rings. The molecule has 7 heteroatoms. The molecule has 0 spiro atoms. The zero-order valence-corrected chi connectivity index (χ0v) is 13.5. The van der Waals surface area contributed by atoms with E-state index in [0.717, 1.165) is 0 Å². The Labute approximate surface area is 125 Å². The van der Waals surface area contributed by atoms with Gasteiger partial charge in [-0.2, -0.15) is 0 Å². The molecule has 118 valence electrons. The van der Waals surface area contributed by atoms with E-state index in [-0.39, 0.29) is 18.8 Å². The van der Waals surface area contributed by atoms with Gasteiger partial charge in [0, 0.05) is 12.7 Å². The van der Waals surface area contributed by atoms with Crippen molar-refractivity contribution in [1.29, 1.82) is 0 Å². The van der Waals surface area contributed by atoms with Gasteiger partial charge in [0.2, 0.25) is 0 Å². The van der Waals surface area contributed by atoms with Crippen LogP contribution in [0.3, 0.4) is 0 Å². The number of hydrogen-bond donors (Lipinski definition) is 2. The van der Waals surface area contributed by atoms with Crippen molar-refractivity contribution in [2.24, 2.45) is 5.73 Å². The second kappa shape index (κ2) is 8.17. The third kappa shape index (κ3) is 5.87. The quantitative estimate of drug-likeness (QED) is 0.564. The number of esters is 1. The van der Waals surface area contributed by atoms with Crippen molar-refractivity contribution < 1.29 is 18.6 Å². The number of nitrogens with two attached hydrogens (primary N) is 1. The van der Waals surface area contributed by atoms with Gasteiger partial charge in [-0.25, -0.2) is 5.09 Å². The van der Waals surface area contributed by atoms with Gasteiger partial charge < -0.3 is 15.0 Å². The predicted molar refractivity (Wildman–Crippen MR) is 82.4 cm³/mol. The molecule has 1 aromatic rings. The Kier molecular flexibility index (Phi) is 6.89. The van der Waals surface area contributed by atoms with Gasteiger partial charge in [-0.05, 0) is 26.0 Å². The van der Waals surface area contributed by atoms with E-state index in [0.29, 0.717) is 5.75 Å². The minimum absolute atomic E-state index is 0.0201. The van der Waals surface area contributed by atoms with Crippen LogP contribution in [0.5, 0.6) is 5.75 Å². The molecule has 0 amide bonds. The fourth-order valence-corrected chi connectivity index (χ4v) is 3.10. The third-order valence-electron chi connectivity index (χ3n) is 2.64. The number of hydrogen-bond acceptors (Lipinski definition) is 5. The molecule has 0 aromatic heterocycles. The summed E-state index contributed by atoms with van der Waals surface area (Å²) >= 11 is 0. The lowest BCUT2D eigenvalue weighted by Crippen LogP contribution is -2.43. The van der Waals surface area contributed by atoms with Crippen molar-refractivity contribution in [3.63, 3.8) is 0 Å². The van der Waals surface area contributed by atoms with Crippen LogP contribution >= 0.6 is 7.52 Å². The Morgan fingerprint density at radius 3 is 2.43 bits per heavy atom. The molecule has 1 unspecified atom stereocenters. The maximum atomic E-state index is 12.7. The van der Waals surface area contributed by atoms with Crippen molar-refractivity contribution in [2.75, 3.05) is 12.7 Å². The van der Waals surface area contributed by atoms with E-state index in [1.807, 2.05) is 6.07 Å². The van der Waals surface area contributed by atoms with Gasteiger partial charge in [-0.1, -0.05) is 25.1 Å². The molecule has 1 rings (SSSR count). The second-order valence-corrected chi connectivity index (χ2v) is 7.22. The first-order valence-electron chi connectivity index (χ1n) is 6.92. The highest BCUT2D eigenvalue weighted by atomic mass is 31.2. The Morgan fingerprint density at radius 2 is 1.95 bits per heavy atom. The van der Waals surface area contributed by atoms with Gasteiger partial charge in [0.25, 0.3) is 0 Å². The molecule has 0 saturated heterocycles. The van der Waals surface area contributed by atoms with Gasteiger partial charge in [0.15, 0.2) is 0 Å². The lowest BCUT2D eigenvalue weighted by molar-refractivity contribution is -0.149.